The molecule has 0 saturated heterocycles. The van der Waals surface area contributed by atoms with E-state index in [-0.39, 0.29) is 6.04 Å². The Kier molecular flexibility index (Phi) is 8.61. The molecule has 0 radical (unpaired) electrons. The molecule has 8 aromatic rings. The summed E-state index contributed by atoms with van der Waals surface area (Å²) in [4.78, 5) is 2.46. The molecule has 0 heterocycles. The van der Waals surface area contributed by atoms with E-state index in [1.54, 1.807) is 0 Å². The number of fused-ring (bicyclic) bond motifs is 3. The monoisotopic (exact) mass is 715 g/mol. The molecule has 266 valence electrons. The summed E-state index contributed by atoms with van der Waals surface area (Å²) >= 11 is 0. The molecule has 2 aliphatic rings. The predicted molar refractivity (Wildman–Crippen MR) is 235 cm³/mol. The van der Waals surface area contributed by atoms with Gasteiger partial charge in [0.1, 0.15) is 0 Å². The number of benzene rings is 8. The van der Waals surface area contributed by atoms with Crippen LogP contribution in [0.4, 0.5) is 11.4 Å². The Morgan fingerprint density at radius 1 is 0.393 bits per heavy atom. The molecule has 0 saturated carbocycles. The molecular formula is C55H41N. The van der Waals surface area contributed by atoms with Crippen molar-refractivity contribution in [3.05, 3.63) is 258 Å². The molecule has 1 nitrogen and oxygen atoms in total. The van der Waals surface area contributed by atoms with Crippen LogP contribution in [0, 0.1) is 0 Å². The number of hydrogen-bond donors (Lipinski definition) is 0. The first kappa shape index (κ1) is 33.6. The molecule has 0 aromatic heterocycles. The number of anilines is 2. The highest BCUT2D eigenvalue weighted by molar-refractivity contribution is 5.87. The fourth-order valence-electron chi connectivity index (χ4n) is 9.10. The maximum absolute atomic E-state index is 2.46. The third-order valence-electron chi connectivity index (χ3n) is 11.7. The lowest BCUT2D eigenvalue weighted by atomic mass is 9.67. The number of hydrogen-bond acceptors (Lipinski definition) is 1. The van der Waals surface area contributed by atoms with Crippen molar-refractivity contribution in [2.75, 3.05) is 4.90 Å². The normalized spacial score (nSPS) is 15.1. The van der Waals surface area contributed by atoms with E-state index in [0.29, 0.717) is 0 Å². The average molecular weight is 716 g/mol. The molecule has 10 rings (SSSR count). The van der Waals surface area contributed by atoms with Crippen LogP contribution in [0.2, 0.25) is 0 Å². The molecule has 0 spiro atoms. The lowest BCUT2D eigenvalue weighted by Gasteiger charge is -2.34. The minimum Gasteiger partial charge on any atom is -0.334 e. The highest BCUT2D eigenvalue weighted by Gasteiger charge is 2.45. The second kappa shape index (κ2) is 14.4. The van der Waals surface area contributed by atoms with E-state index in [1.165, 1.54) is 78.1 Å². The SMILES string of the molecule is C1=CC(N(c2ccccc2)c2ccc(-c3cccc(-c4cccc(C5(c6ccccc6)c6ccccc6-c6ccccc65)c4)c3)cc2)CC=C1c1ccccc1. The molecule has 0 amide bonds. The quantitative estimate of drug-likeness (QED) is 0.151. The first-order valence-corrected chi connectivity index (χ1v) is 19.6. The van der Waals surface area contributed by atoms with Crippen LogP contribution in [0.15, 0.2) is 231 Å². The van der Waals surface area contributed by atoms with E-state index in [0.717, 1.165) is 6.42 Å². The smallest absolute Gasteiger partial charge is 0.0713 e. The second-order valence-electron chi connectivity index (χ2n) is 14.8. The summed E-state index contributed by atoms with van der Waals surface area (Å²) in [6.45, 7) is 0. The van der Waals surface area contributed by atoms with Gasteiger partial charge in [-0.2, -0.15) is 0 Å². The summed E-state index contributed by atoms with van der Waals surface area (Å²) in [6.07, 6.45) is 7.93. The molecule has 0 aliphatic heterocycles. The minimum absolute atomic E-state index is 0.212. The van der Waals surface area contributed by atoms with Gasteiger partial charge in [-0.25, -0.2) is 0 Å². The zero-order valence-electron chi connectivity index (χ0n) is 31.2. The van der Waals surface area contributed by atoms with Gasteiger partial charge in [0.15, 0.2) is 0 Å². The van der Waals surface area contributed by atoms with Crippen LogP contribution in [-0.4, -0.2) is 6.04 Å². The first-order chi connectivity index (χ1) is 27.8. The van der Waals surface area contributed by atoms with Crippen LogP contribution in [0.5, 0.6) is 0 Å². The van der Waals surface area contributed by atoms with E-state index in [2.05, 4.69) is 235 Å². The van der Waals surface area contributed by atoms with Crippen molar-refractivity contribution < 1.29 is 0 Å². The van der Waals surface area contributed by atoms with Crippen LogP contribution in [-0.2, 0) is 5.41 Å². The Balaban J connectivity index is 0.994. The van der Waals surface area contributed by atoms with E-state index < -0.39 is 5.41 Å². The summed E-state index contributed by atoms with van der Waals surface area (Å²) in [5.74, 6) is 0. The molecule has 0 N–H and O–H groups in total. The van der Waals surface area contributed by atoms with Gasteiger partial charge in [0, 0.05) is 11.4 Å². The van der Waals surface area contributed by atoms with Gasteiger partial charge < -0.3 is 4.90 Å². The molecular weight excluding hydrogens is 675 g/mol. The number of allylic oxidation sites excluding steroid dienone is 2. The Morgan fingerprint density at radius 3 is 1.54 bits per heavy atom. The maximum Gasteiger partial charge on any atom is 0.0713 e. The van der Waals surface area contributed by atoms with Gasteiger partial charge in [-0.3, -0.25) is 0 Å². The molecule has 1 heteroatoms. The fourth-order valence-corrected chi connectivity index (χ4v) is 9.10. The van der Waals surface area contributed by atoms with Gasteiger partial charge >= 0.3 is 0 Å². The molecule has 56 heavy (non-hydrogen) atoms. The lowest BCUT2D eigenvalue weighted by molar-refractivity contribution is 0.769. The number of rotatable bonds is 8. The second-order valence-corrected chi connectivity index (χ2v) is 14.8. The number of para-hydroxylation sites is 1. The Hall–Kier alpha value is -6.96. The molecule has 1 atom stereocenters. The van der Waals surface area contributed by atoms with Crippen LogP contribution in [0.1, 0.15) is 34.2 Å². The topological polar surface area (TPSA) is 3.24 Å². The van der Waals surface area contributed by atoms with E-state index >= 15 is 0 Å². The van der Waals surface area contributed by atoms with Crippen molar-refractivity contribution in [1.82, 2.24) is 0 Å². The Labute approximate surface area is 330 Å². The van der Waals surface area contributed by atoms with Crippen molar-refractivity contribution >= 4 is 16.9 Å². The van der Waals surface area contributed by atoms with Crippen molar-refractivity contribution in [2.24, 2.45) is 0 Å². The third kappa shape index (κ3) is 5.81. The van der Waals surface area contributed by atoms with Gasteiger partial charge in [0.05, 0.1) is 11.5 Å². The Bertz CT molecular complexity index is 2660. The van der Waals surface area contributed by atoms with E-state index in [1.807, 2.05) is 0 Å². The molecule has 2 aliphatic carbocycles. The van der Waals surface area contributed by atoms with E-state index in [9.17, 15) is 0 Å². The standard InChI is InChI=1S/C55H41N/c1-4-16-40(17-5-1)41-30-34-49(35-31-41)56(48-24-8-3-9-25-48)50-36-32-42(33-37-50)43-18-14-19-44(38-43)45-20-15-23-47(39-45)55(46-21-6-2-7-22-46)53-28-12-10-26-51(53)52-27-11-13-29-54(52)55/h1-34,36-39,49H,35H2. The van der Waals surface area contributed by atoms with Crippen molar-refractivity contribution in [3.63, 3.8) is 0 Å². The molecule has 1 unspecified atom stereocenters. The summed E-state index contributed by atoms with van der Waals surface area (Å²) in [7, 11) is 0. The van der Waals surface area contributed by atoms with Gasteiger partial charge in [-0.15, -0.1) is 0 Å². The predicted octanol–water partition coefficient (Wildman–Crippen LogP) is 13.9. The van der Waals surface area contributed by atoms with E-state index in [4.69, 9.17) is 0 Å². The third-order valence-corrected chi connectivity index (χ3v) is 11.7. The molecule has 8 aromatic carbocycles. The van der Waals surface area contributed by atoms with Crippen LogP contribution < -0.4 is 4.90 Å². The van der Waals surface area contributed by atoms with Crippen molar-refractivity contribution in [2.45, 2.75) is 17.9 Å². The Morgan fingerprint density at radius 2 is 0.893 bits per heavy atom. The van der Waals surface area contributed by atoms with Crippen molar-refractivity contribution in [1.29, 1.82) is 0 Å². The highest BCUT2D eigenvalue weighted by Crippen LogP contribution is 2.56. The minimum atomic E-state index is -0.422. The lowest BCUT2D eigenvalue weighted by Crippen LogP contribution is -2.30. The maximum atomic E-state index is 2.46. The molecule has 0 bridgehead atoms. The van der Waals surface area contributed by atoms with Crippen LogP contribution in [0.25, 0.3) is 39.0 Å². The summed E-state index contributed by atoms with van der Waals surface area (Å²) in [5.41, 5.74) is 17.1. The summed E-state index contributed by atoms with van der Waals surface area (Å²) in [5, 5.41) is 0. The zero-order valence-corrected chi connectivity index (χ0v) is 31.2. The fraction of sp³-hybridized carbons (Fsp3) is 0.0545. The van der Waals surface area contributed by atoms with Gasteiger partial charge in [-0.1, -0.05) is 194 Å². The highest BCUT2D eigenvalue weighted by atomic mass is 15.2. The summed E-state index contributed by atoms with van der Waals surface area (Å²) < 4.78 is 0. The average Bonchev–Trinajstić information content (AvgIpc) is 3.59. The summed E-state index contributed by atoms with van der Waals surface area (Å²) in [6, 6.07) is 77.9. The zero-order chi connectivity index (χ0) is 37.3. The van der Waals surface area contributed by atoms with Crippen LogP contribution in [0.3, 0.4) is 0 Å². The van der Waals surface area contributed by atoms with Crippen LogP contribution >= 0.6 is 0 Å². The van der Waals surface area contributed by atoms with Gasteiger partial charge in [0.2, 0.25) is 0 Å². The van der Waals surface area contributed by atoms with Crippen molar-refractivity contribution in [3.8, 4) is 33.4 Å². The van der Waals surface area contributed by atoms with Gasteiger partial charge in [0.25, 0.3) is 0 Å². The molecule has 0 fully saturated rings. The van der Waals surface area contributed by atoms with Gasteiger partial charge in [-0.05, 0) is 110 Å². The number of nitrogens with zero attached hydrogens (tertiary/aromatic N) is 1. The first-order valence-electron chi connectivity index (χ1n) is 19.6. The largest absolute Gasteiger partial charge is 0.334 e.